The molecule has 0 radical (unpaired) electrons. The van der Waals surface area contributed by atoms with Crippen molar-refractivity contribution in [3.63, 3.8) is 0 Å². The van der Waals surface area contributed by atoms with Gasteiger partial charge in [-0.3, -0.25) is 4.79 Å². The van der Waals surface area contributed by atoms with Crippen LogP contribution >= 0.6 is 0 Å². The van der Waals surface area contributed by atoms with Gasteiger partial charge in [-0.1, -0.05) is 13.8 Å². The lowest BCUT2D eigenvalue weighted by atomic mass is 9.44. The van der Waals surface area contributed by atoms with E-state index in [2.05, 4.69) is 13.8 Å². The zero-order chi connectivity index (χ0) is 14.7. The van der Waals surface area contributed by atoms with Crippen LogP contribution in [0.15, 0.2) is 0 Å². The molecule has 5 aliphatic rings. The van der Waals surface area contributed by atoms with Gasteiger partial charge in [-0.2, -0.15) is 0 Å². The van der Waals surface area contributed by atoms with Crippen LogP contribution in [0.3, 0.4) is 0 Å². The van der Waals surface area contributed by atoms with Gasteiger partial charge in [0.15, 0.2) is 0 Å². The molecule has 0 aromatic carbocycles. The Bertz CT molecular complexity index is 432. The number of rotatable bonds is 4. The summed E-state index contributed by atoms with van der Waals surface area (Å²) in [6, 6.07) is 0. The van der Waals surface area contributed by atoms with Gasteiger partial charge in [0.2, 0.25) is 0 Å². The molecule has 5 fully saturated rings. The average Bonchev–Trinajstić information content (AvgIpc) is 2.34. The molecule has 4 bridgehead atoms. The van der Waals surface area contributed by atoms with Gasteiger partial charge in [0.1, 0.15) is 6.61 Å². The summed E-state index contributed by atoms with van der Waals surface area (Å²) < 4.78 is 11.2. The molecule has 3 heteroatoms. The summed E-state index contributed by atoms with van der Waals surface area (Å²) in [5, 5.41) is 0. The van der Waals surface area contributed by atoms with Crippen LogP contribution in [0.5, 0.6) is 0 Å². The molecule has 2 unspecified atom stereocenters. The molecule has 1 heterocycles. The molecule has 21 heavy (non-hydrogen) atoms. The molecule has 0 spiro atoms. The van der Waals surface area contributed by atoms with E-state index in [0.29, 0.717) is 12.0 Å². The molecule has 1 aliphatic heterocycles. The third-order valence-corrected chi connectivity index (χ3v) is 6.86. The summed E-state index contributed by atoms with van der Waals surface area (Å²) >= 11 is 0. The number of esters is 1. The van der Waals surface area contributed by atoms with E-state index in [9.17, 15) is 4.79 Å². The van der Waals surface area contributed by atoms with Crippen LogP contribution in [0.2, 0.25) is 0 Å². The molecule has 1 saturated heterocycles. The summed E-state index contributed by atoms with van der Waals surface area (Å²) in [7, 11) is 0. The van der Waals surface area contributed by atoms with Crippen molar-refractivity contribution in [2.75, 3.05) is 19.8 Å². The van der Waals surface area contributed by atoms with Crippen LogP contribution in [0.25, 0.3) is 0 Å². The van der Waals surface area contributed by atoms with Gasteiger partial charge in [-0.15, -0.1) is 0 Å². The van der Waals surface area contributed by atoms with Gasteiger partial charge < -0.3 is 9.47 Å². The Hall–Kier alpha value is -0.570. The Morgan fingerprint density at radius 3 is 2.33 bits per heavy atom. The first-order valence-electron chi connectivity index (χ1n) is 8.72. The van der Waals surface area contributed by atoms with E-state index in [-0.39, 0.29) is 16.8 Å². The van der Waals surface area contributed by atoms with E-state index < -0.39 is 0 Å². The lowest BCUT2D eigenvalue weighted by molar-refractivity contribution is -0.195. The minimum atomic E-state index is -0.141. The van der Waals surface area contributed by atoms with Crippen molar-refractivity contribution >= 4 is 5.97 Å². The molecule has 5 rings (SSSR count). The predicted octanol–water partition coefficient (Wildman–Crippen LogP) is 3.56. The number of hydrogen-bond acceptors (Lipinski definition) is 3. The highest BCUT2D eigenvalue weighted by Gasteiger charge is 2.59. The highest BCUT2D eigenvalue weighted by Crippen LogP contribution is 2.65. The Kier molecular flexibility index (Phi) is 2.99. The SMILES string of the molecule is CCC1(COC(=O)C23CC4CC(CC(C)(C4)C2)C3)COC1. The monoisotopic (exact) mass is 292 g/mol. The van der Waals surface area contributed by atoms with Crippen molar-refractivity contribution in [1.82, 2.24) is 0 Å². The lowest BCUT2D eigenvalue weighted by Gasteiger charge is -2.60. The number of carbonyl (C=O) groups is 1. The summed E-state index contributed by atoms with van der Waals surface area (Å²) in [4.78, 5) is 12.9. The van der Waals surface area contributed by atoms with E-state index >= 15 is 0 Å². The Morgan fingerprint density at radius 2 is 1.86 bits per heavy atom. The second-order valence-corrected chi connectivity index (χ2v) is 8.97. The second-order valence-electron chi connectivity index (χ2n) is 8.97. The van der Waals surface area contributed by atoms with E-state index in [1.807, 2.05) is 0 Å². The quantitative estimate of drug-likeness (QED) is 0.743. The third kappa shape index (κ3) is 2.15. The Balaban J connectivity index is 1.46. The van der Waals surface area contributed by atoms with Crippen molar-refractivity contribution in [2.45, 2.75) is 58.8 Å². The fourth-order valence-corrected chi connectivity index (χ4v) is 6.11. The molecule has 0 aromatic rings. The van der Waals surface area contributed by atoms with Crippen LogP contribution < -0.4 is 0 Å². The van der Waals surface area contributed by atoms with E-state index in [1.165, 1.54) is 19.3 Å². The van der Waals surface area contributed by atoms with Gasteiger partial charge in [0.25, 0.3) is 0 Å². The third-order valence-electron chi connectivity index (χ3n) is 6.86. The van der Waals surface area contributed by atoms with E-state index in [4.69, 9.17) is 9.47 Å². The Morgan fingerprint density at radius 1 is 1.19 bits per heavy atom. The molecule has 3 nitrogen and oxygen atoms in total. The van der Waals surface area contributed by atoms with Crippen molar-refractivity contribution in [3.05, 3.63) is 0 Å². The molecular formula is C18H28O3. The molecule has 118 valence electrons. The minimum Gasteiger partial charge on any atom is -0.464 e. The maximum Gasteiger partial charge on any atom is 0.312 e. The van der Waals surface area contributed by atoms with E-state index in [1.54, 1.807) is 0 Å². The second kappa shape index (κ2) is 4.47. The Labute approximate surface area is 127 Å². The molecule has 2 atom stereocenters. The average molecular weight is 292 g/mol. The molecule has 0 aromatic heterocycles. The zero-order valence-corrected chi connectivity index (χ0v) is 13.5. The first-order chi connectivity index (χ1) is 9.97. The highest BCUT2D eigenvalue weighted by atomic mass is 16.5. The van der Waals surface area contributed by atoms with Gasteiger partial charge in [0.05, 0.1) is 24.0 Å². The van der Waals surface area contributed by atoms with Gasteiger partial charge in [0, 0.05) is 0 Å². The summed E-state index contributed by atoms with van der Waals surface area (Å²) in [6.45, 7) is 6.65. The zero-order valence-electron chi connectivity index (χ0n) is 13.5. The van der Waals surface area contributed by atoms with Crippen molar-refractivity contribution in [3.8, 4) is 0 Å². The largest absolute Gasteiger partial charge is 0.464 e. The first-order valence-corrected chi connectivity index (χ1v) is 8.72. The van der Waals surface area contributed by atoms with Gasteiger partial charge in [-0.25, -0.2) is 0 Å². The van der Waals surface area contributed by atoms with Crippen LogP contribution in [0.1, 0.15) is 58.8 Å². The molecular weight excluding hydrogens is 264 g/mol. The van der Waals surface area contributed by atoms with Gasteiger partial charge in [-0.05, 0) is 62.2 Å². The van der Waals surface area contributed by atoms with Crippen LogP contribution in [0, 0.1) is 28.1 Å². The van der Waals surface area contributed by atoms with Crippen molar-refractivity contribution in [2.24, 2.45) is 28.1 Å². The standard InChI is InChI=1S/C18H28O3/c1-3-17(10-20-11-17)12-21-15(19)18-7-13-4-14(8-18)6-16(2,5-13)9-18/h13-14H,3-12H2,1-2H3. The fraction of sp³-hybridized carbons (Fsp3) is 0.944. The fourth-order valence-electron chi connectivity index (χ4n) is 6.11. The normalized spacial score (nSPS) is 46.2. The molecule has 0 amide bonds. The minimum absolute atomic E-state index is 0.113. The molecule has 4 saturated carbocycles. The first kappa shape index (κ1) is 14.0. The van der Waals surface area contributed by atoms with Crippen molar-refractivity contribution in [1.29, 1.82) is 0 Å². The number of carbonyl (C=O) groups excluding carboxylic acids is 1. The molecule has 0 N–H and O–H groups in total. The van der Waals surface area contributed by atoms with E-state index in [0.717, 1.165) is 50.7 Å². The van der Waals surface area contributed by atoms with Crippen molar-refractivity contribution < 1.29 is 14.3 Å². The summed E-state index contributed by atoms with van der Waals surface area (Å²) in [5.74, 6) is 1.66. The maximum absolute atomic E-state index is 12.9. The predicted molar refractivity (Wildman–Crippen MR) is 79.7 cm³/mol. The highest BCUT2D eigenvalue weighted by molar-refractivity contribution is 5.77. The topological polar surface area (TPSA) is 35.5 Å². The van der Waals surface area contributed by atoms with Crippen LogP contribution in [-0.4, -0.2) is 25.8 Å². The summed E-state index contributed by atoms with van der Waals surface area (Å²) in [5.41, 5.74) is 0.380. The maximum atomic E-state index is 12.9. The number of hydrogen-bond donors (Lipinski definition) is 0. The lowest BCUT2D eigenvalue weighted by Crippen LogP contribution is -2.55. The van der Waals surface area contributed by atoms with Crippen LogP contribution in [0.4, 0.5) is 0 Å². The van der Waals surface area contributed by atoms with Crippen LogP contribution in [-0.2, 0) is 14.3 Å². The number of ether oxygens (including phenoxy) is 2. The summed E-state index contributed by atoms with van der Waals surface area (Å²) in [6.07, 6.45) is 8.33. The smallest absolute Gasteiger partial charge is 0.312 e. The molecule has 4 aliphatic carbocycles. The van der Waals surface area contributed by atoms with Gasteiger partial charge >= 0.3 is 5.97 Å².